The number of nitrogens with one attached hydrogen (secondary N) is 2. The number of aliphatic carboxylic acids is 1. The molecule has 0 aromatic carbocycles. The van der Waals surface area contributed by atoms with Crippen LogP contribution in [0.5, 0.6) is 0 Å². The van der Waals surface area contributed by atoms with Crippen LogP contribution in [-0.4, -0.2) is 55.2 Å². The fourth-order valence-corrected chi connectivity index (χ4v) is 1.94. The highest BCUT2D eigenvalue weighted by molar-refractivity contribution is 5.77. The van der Waals surface area contributed by atoms with Crippen molar-refractivity contribution in [2.75, 3.05) is 33.2 Å². The monoisotopic (exact) mass is 271 g/mol. The molecule has 0 radical (unpaired) electrons. The summed E-state index contributed by atoms with van der Waals surface area (Å²) in [6, 6.07) is -0.284. The van der Waals surface area contributed by atoms with Gasteiger partial charge in [-0.25, -0.2) is 4.79 Å². The van der Waals surface area contributed by atoms with Gasteiger partial charge in [-0.05, 0) is 52.7 Å². The average Bonchev–Trinajstić information content (AvgIpc) is 2.35. The van der Waals surface area contributed by atoms with Crippen molar-refractivity contribution in [2.24, 2.45) is 11.3 Å². The van der Waals surface area contributed by atoms with Gasteiger partial charge in [0, 0.05) is 13.1 Å². The molecule has 0 saturated carbocycles. The molecule has 1 aliphatic heterocycles. The van der Waals surface area contributed by atoms with Gasteiger partial charge >= 0.3 is 12.0 Å². The zero-order chi connectivity index (χ0) is 14.5. The summed E-state index contributed by atoms with van der Waals surface area (Å²) in [5.41, 5.74) is -0.940. The second kappa shape index (κ2) is 6.75. The SMILES string of the molecule is CN1CCC(CNC(=O)NCC(C)(C)C(=O)O)CC1. The summed E-state index contributed by atoms with van der Waals surface area (Å²) >= 11 is 0. The summed E-state index contributed by atoms with van der Waals surface area (Å²) < 4.78 is 0. The summed E-state index contributed by atoms with van der Waals surface area (Å²) in [7, 11) is 2.10. The van der Waals surface area contributed by atoms with Crippen molar-refractivity contribution in [3.8, 4) is 0 Å². The lowest BCUT2D eigenvalue weighted by molar-refractivity contribution is -0.146. The maximum absolute atomic E-state index is 11.6. The molecule has 1 heterocycles. The second-order valence-electron chi connectivity index (χ2n) is 6.00. The molecule has 0 aromatic heterocycles. The van der Waals surface area contributed by atoms with Crippen LogP contribution in [0.3, 0.4) is 0 Å². The molecular formula is C13H25N3O3. The van der Waals surface area contributed by atoms with Crippen molar-refractivity contribution >= 4 is 12.0 Å². The molecule has 6 heteroatoms. The van der Waals surface area contributed by atoms with Gasteiger partial charge in [-0.3, -0.25) is 4.79 Å². The van der Waals surface area contributed by atoms with E-state index in [9.17, 15) is 9.59 Å². The molecule has 1 fully saturated rings. The van der Waals surface area contributed by atoms with Crippen molar-refractivity contribution in [3.63, 3.8) is 0 Å². The molecule has 0 bridgehead atoms. The van der Waals surface area contributed by atoms with Gasteiger partial charge in [0.1, 0.15) is 0 Å². The van der Waals surface area contributed by atoms with Gasteiger partial charge in [0.15, 0.2) is 0 Å². The summed E-state index contributed by atoms with van der Waals surface area (Å²) in [5, 5.41) is 14.4. The molecule has 3 N–H and O–H groups in total. The predicted octanol–water partition coefficient (Wildman–Crippen LogP) is 0.738. The highest BCUT2D eigenvalue weighted by Gasteiger charge is 2.27. The molecular weight excluding hydrogens is 246 g/mol. The number of nitrogens with zero attached hydrogens (tertiary/aromatic N) is 1. The van der Waals surface area contributed by atoms with Crippen molar-refractivity contribution in [1.29, 1.82) is 0 Å². The topological polar surface area (TPSA) is 81.7 Å². The van der Waals surface area contributed by atoms with E-state index in [0.717, 1.165) is 25.9 Å². The Morgan fingerprint density at radius 1 is 1.26 bits per heavy atom. The number of amides is 2. The van der Waals surface area contributed by atoms with Crippen molar-refractivity contribution in [3.05, 3.63) is 0 Å². The van der Waals surface area contributed by atoms with E-state index >= 15 is 0 Å². The lowest BCUT2D eigenvalue weighted by atomic mass is 9.94. The largest absolute Gasteiger partial charge is 0.481 e. The molecule has 0 aliphatic carbocycles. The maximum atomic E-state index is 11.6. The Kier molecular flexibility index (Phi) is 5.60. The first-order chi connectivity index (χ1) is 8.81. The van der Waals surface area contributed by atoms with E-state index < -0.39 is 11.4 Å². The number of piperidine rings is 1. The average molecular weight is 271 g/mol. The summed E-state index contributed by atoms with van der Waals surface area (Å²) in [5.74, 6) is -0.391. The third-order valence-electron chi connectivity index (χ3n) is 3.66. The molecule has 0 unspecified atom stereocenters. The van der Waals surface area contributed by atoms with Crippen LogP contribution < -0.4 is 10.6 Å². The second-order valence-corrected chi connectivity index (χ2v) is 6.00. The van der Waals surface area contributed by atoms with Gasteiger partial charge in [0.25, 0.3) is 0 Å². The Balaban J connectivity index is 2.20. The highest BCUT2D eigenvalue weighted by Crippen LogP contribution is 2.15. The van der Waals surface area contributed by atoms with Gasteiger partial charge in [-0.2, -0.15) is 0 Å². The molecule has 2 amide bonds. The minimum Gasteiger partial charge on any atom is -0.481 e. The van der Waals surface area contributed by atoms with Crippen molar-refractivity contribution < 1.29 is 14.7 Å². The van der Waals surface area contributed by atoms with Gasteiger partial charge in [0.05, 0.1) is 5.41 Å². The summed E-state index contributed by atoms with van der Waals surface area (Å²) in [4.78, 5) is 24.8. The lowest BCUT2D eigenvalue weighted by Gasteiger charge is -2.29. The van der Waals surface area contributed by atoms with E-state index in [1.807, 2.05) is 0 Å². The Bertz CT molecular complexity index is 323. The third kappa shape index (κ3) is 5.46. The number of hydrogen-bond donors (Lipinski definition) is 3. The number of carbonyl (C=O) groups excluding carboxylic acids is 1. The van der Waals surface area contributed by atoms with E-state index in [1.54, 1.807) is 13.8 Å². The normalized spacial score (nSPS) is 18.1. The fourth-order valence-electron chi connectivity index (χ4n) is 1.94. The quantitative estimate of drug-likeness (QED) is 0.689. The van der Waals surface area contributed by atoms with Gasteiger partial charge < -0.3 is 20.6 Å². The lowest BCUT2D eigenvalue weighted by Crippen LogP contribution is -2.45. The van der Waals surface area contributed by atoms with Crippen LogP contribution in [0.15, 0.2) is 0 Å². The first-order valence-corrected chi connectivity index (χ1v) is 6.75. The minimum absolute atomic E-state index is 0.127. The van der Waals surface area contributed by atoms with E-state index in [-0.39, 0.29) is 12.6 Å². The molecule has 1 aliphatic rings. The zero-order valence-corrected chi connectivity index (χ0v) is 12.0. The Hall–Kier alpha value is -1.30. The molecule has 1 rings (SSSR count). The fraction of sp³-hybridized carbons (Fsp3) is 0.846. The van der Waals surface area contributed by atoms with Crippen LogP contribution in [0, 0.1) is 11.3 Å². The van der Waals surface area contributed by atoms with E-state index in [0.29, 0.717) is 12.5 Å². The predicted molar refractivity (Wildman–Crippen MR) is 73.0 cm³/mol. The van der Waals surface area contributed by atoms with Crippen LogP contribution in [-0.2, 0) is 4.79 Å². The van der Waals surface area contributed by atoms with Crippen LogP contribution in [0.2, 0.25) is 0 Å². The maximum Gasteiger partial charge on any atom is 0.314 e. The first-order valence-electron chi connectivity index (χ1n) is 6.75. The first kappa shape index (κ1) is 15.8. The summed E-state index contributed by atoms with van der Waals surface area (Å²) in [6.07, 6.45) is 2.19. The molecule has 6 nitrogen and oxygen atoms in total. The molecule has 1 saturated heterocycles. The number of likely N-dealkylation sites (tertiary alicyclic amines) is 1. The van der Waals surface area contributed by atoms with E-state index in [2.05, 4.69) is 22.6 Å². The van der Waals surface area contributed by atoms with Crippen LogP contribution >= 0.6 is 0 Å². The van der Waals surface area contributed by atoms with Gasteiger partial charge in [0.2, 0.25) is 0 Å². The molecule has 0 spiro atoms. The Morgan fingerprint density at radius 2 is 1.84 bits per heavy atom. The summed E-state index contributed by atoms with van der Waals surface area (Å²) in [6.45, 7) is 6.11. The number of urea groups is 1. The molecule has 110 valence electrons. The van der Waals surface area contributed by atoms with E-state index in [4.69, 9.17) is 5.11 Å². The number of carboxylic acid groups (broad SMARTS) is 1. The van der Waals surface area contributed by atoms with Crippen LogP contribution in [0.4, 0.5) is 4.79 Å². The standard InChI is InChI=1S/C13H25N3O3/c1-13(2,11(17)18)9-15-12(19)14-8-10-4-6-16(3)7-5-10/h10H,4-9H2,1-3H3,(H,17,18)(H2,14,15,19). The smallest absolute Gasteiger partial charge is 0.314 e. The van der Waals surface area contributed by atoms with Crippen LogP contribution in [0.1, 0.15) is 26.7 Å². The van der Waals surface area contributed by atoms with Gasteiger partial charge in [-0.1, -0.05) is 0 Å². The van der Waals surface area contributed by atoms with Crippen molar-refractivity contribution in [1.82, 2.24) is 15.5 Å². The number of rotatable bonds is 5. The number of hydrogen-bond acceptors (Lipinski definition) is 3. The Labute approximate surface area is 114 Å². The highest BCUT2D eigenvalue weighted by atomic mass is 16.4. The molecule has 0 aromatic rings. The van der Waals surface area contributed by atoms with Crippen molar-refractivity contribution in [2.45, 2.75) is 26.7 Å². The van der Waals surface area contributed by atoms with Crippen LogP contribution in [0.25, 0.3) is 0 Å². The third-order valence-corrected chi connectivity index (χ3v) is 3.66. The number of carbonyl (C=O) groups is 2. The zero-order valence-electron chi connectivity index (χ0n) is 12.0. The molecule has 0 atom stereocenters. The minimum atomic E-state index is -0.940. The molecule has 19 heavy (non-hydrogen) atoms. The Morgan fingerprint density at radius 3 is 2.37 bits per heavy atom. The van der Waals surface area contributed by atoms with E-state index in [1.165, 1.54) is 0 Å². The number of carboxylic acids is 1. The van der Waals surface area contributed by atoms with Gasteiger partial charge in [-0.15, -0.1) is 0 Å².